The Morgan fingerprint density at radius 1 is 1.23 bits per heavy atom. The van der Waals surface area contributed by atoms with E-state index in [1.54, 1.807) is 0 Å². The SMILES string of the molecule is Cc1ncccc1CN1CCCC1CC(O)c1ccccc1. The van der Waals surface area contributed by atoms with Crippen molar-refractivity contribution in [1.29, 1.82) is 0 Å². The van der Waals surface area contributed by atoms with E-state index in [2.05, 4.69) is 22.9 Å². The van der Waals surface area contributed by atoms with Gasteiger partial charge in [0.25, 0.3) is 0 Å². The Morgan fingerprint density at radius 2 is 2.05 bits per heavy atom. The third-order valence-electron chi connectivity index (χ3n) is 4.67. The van der Waals surface area contributed by atoms with Gasteiger partial charge in [0, 0.05) is 24.5 Å². The number of aliphatic hydroxyl groups is 1. The van der Waals surface area contributed by atoms with E-state index in [0.717, 1.165) is 30.8 Å². The lowest BCUT2D eigenvalue weighted by atomic mass is 10.0. The molecule has 2 unspecified atom stereocenters. The van der Waals surface area contributed by atoms with Gasteiger partial charge >= 0.3 is 0 Å². The summed E-state index contributed by atoms with van der Waals surface area (Å²) >= 11 is 0. The second kappa shape index (κ2) is 7.03. The Bertz CT molecular complexity index is 599. The number of aliphatic hydroxyl groups excluding tert-OH is 1. The van der Waals surface area contributed by atoms with Gasteiger partial charge in [0.1, 0.15) is 0 Å². The average Bonchev–Trinajstić information content (AvgIpc) is 2.97. The Kier molecular flexibility index (Phi) is 4.86. The van der Waals surface area contributed by atoms with E-state index in [4.69, 9.17) is 0 Å². The fourth-order valence-electron chi connectivity index (χ4n) is 3.34. The van der Waals surface area contributed by atoms with Crippen LogP contribution in [0, 0.1) is 6.92 Å². The van der Waals surface area contributed by atoms with Crippen LogP contribution in [0.1, 0.15) is 42.2 Å². The number of hydrogen-bond donors (Lipinski definition) is 1. The molecule has 0 bridgehead atoms. The lowest BCUT2D eigenvalue weighted by Gasteiger charge is -2.27. The van der Waals surface area contributed by atoms with Crippen molar-refractivity contribution in [1.82, 2.24) is 9.88 Å². The fraction of sp³-hybridized carbons (Fsp3) is 0.421. The molecule has 3 heteroatoms. The molecule has 2 atom stereocenters. The number of rotatable bonds is 5. The first-order valence-electron chi connectivity index (χ1n) is 8.11. The van der Waals surface area contributed by atoms with Crippen LogP contribution < -0.4 is 0 Å². The molecule has 3 rings (SSSR count). The molecular weight excluding hydrogens is 272 g/mol. The standard InChI is InChI=1S/C19H24N2O/c1-15-17(9-5-11-20-15)14-21-12-6-10-18(21)13-19(22)16-7-3-2-4-8-16/h2-5,7-9,11,18-19,22H,6,10,12-14H2,1H3. The smallest absolute Gasteiger partial charge is 0.0805 e. The van der Waals surface area contributed by atoms with Gasteiger partial charge in [0.05, 0.1) is 6.10 Å². The van der Waals surface area contributed by atoms with E-state index >= 15 is 0 Å². The minimum atomic E-state index is -0.373. The Balaban J connectivity index is 1.65. The largest absolute Gasteiger partial charge is 0.388 e. The van der Waals surface area contributed by atoms with Crippen molar-refractivity contribution in [2.75, 3.05) is 6.54 Å². The van der Waals surface area contributed by atoms with Crippen LogP contribution in [0.2, 0.25) is 0 Å². The van der Waals surface area contributed by atoms with Crippen molar-refractivity contribution in [3.63, 3.8) is 0 Å². The number of likely N-dealkylation sites (tertiary alicyclic amines) is 1. The van der Waals surface area contributed by atoms with Crippen molar-refractivity contribution in [3.05, 3.63) is 65.5 Å². The lowest BCUT2D eigenvalue weighted by molar-refractivity contribution is 0.118. The minimum absolute atomic E-state index is 0.373. The quantitative estimate of drug-likeness (QED) is 0.917. The first-order chi connectivity index (χ1) is 10.7. The molecule has 1 saturated heterocycles. The normalized spacial score (nSPS) is 20.2. The molecule has 2 aromatic rings. The van der Waals surface area contributed by atoms with Gasteiger partial charge < -0.3 is 5.11 Å². The molecular formula is C19H24N2O. The van der Waals surface area contributed by atoms with E-state index in [1.807, 2.05) is 42.6 Å². The van der Waals surface area contributed by atoms with Crippen LogP contribution in [0.3, 0.4) is 0 Å². The van der Waals surface area contributed by atoms with Gasteiger partial charge in [-0.2, -0.15) is 0 Å². The number of pyridine rings is 1. The minimum Gasteiger partial charge on any atom is -0.388 e. The van der Waals surface area contributed by atoms with E-state index in [1.165, 1.54) is 18.4 Å². The molecule has 0 aliphatic carbocycles. The summed E-state index contributed by atoms with van der Waals surface area (Å²) in [5.41, 5.74) is 3.42. The van der Waals surface area contributed by atoms with E-state index in [-0.39, 0.29) is 6.10 Å². The number of aromatic nitrogens is 1. The van der Waals surface area contributed by atoms with Gasteiger partial charge in [-0.3, -0.25) is 9.88 Å². The molecule has 0 amide bonds. The number of aryl methyl sites for hydroxylation is 1. The van der Waals surface area contributed by atoms with Crippen LogP contribution in [0.4, 0.5) is 0 Å². The van der Waals surface area contributed by atoms with Gasteiger partial charge in [-0.25, -0.2) is 0 Å². The van der Waals surface area contributed by atoms with Gasteiger partial charge in [-0.15, -0.1) is 0 Å². The van der Waals surface area contributed by atoms with E-state index in [0.29, 0.717) is 6.04 Å². The maximum Gasteiger partial charge on any atom is 0.0805 e. The van der Waals surface area contributed by atoms with Crippen molar-refractivity contribution in [2.24, 2.45) is 0 Å². The lowest BCUT2D eigenvalue weighted by Crippen LogP contribution is -2.30. The zero-order valence-electron chi connectivity index (χ0n) is 13.2. The molecule has 116 valence electrons. The van der Waals surface area contributed by atoms with Gasteiger partial charge in [-0.1, -0.05) is 36.4 Å². The van der Waals surface area contributed by atoms with E-state index < -0.39 is 0 Å². The highest BCUT2D eigenvalue weighted by atomic mass is 16.3. The van der Waals surface area contributed by atoms with Gasteiger partial charge in [0.15, 0.2) is 0 Å². The van der Waals surface area contributed by atoms with Crippen LogP contribution in [-0.2, 0) is 6.54 Å². The second-order valence-electron chi connectivity index (χ2n) is 6.18. The summed E-state index contributed by atoms with van der Waals surface area (Å²) in [5.74, 6) is 0. The Morgan fingerprint density at radius 3 is 2.82 bits per heavy atom. The summed E-state index contributed by atoms with van der Waals surface area (Å²) in [6.45, 7) is 4.12. The molecule has 0 radical (unpaired) electrons. The van der Waals surface area contributed by atoms with Gasteiger partial charge in [0.2, 0.25) is 0 Å². The summed E-state index contributed by atoms with van der Waals surface area (Å²) < 4.78 is 0. The summed E-state index contributed by atoms with van der Waals surface area (Å²) in [6, 6.07) is 14.6. The van der Waals surface area contributed by atoms with Crippen molar-refractivity contribution in [3.8, 4) is 0 Å². The summed E-state index contributed by atoms with van der Waals surface area (Å²) in [4.78, 5) is 6.87. The third-order valence-corrected chi connectivity index (χ3v) is 4.67. The molecule has 0 spiro atoms. The highest BCUT2D eigenvalue weighted by molar-refractivity contribution is 5.19. The van der Waals surface area contributed by atoms with Crippen LogP contribution in [0.5, 0.6) is 0 Å². The summed E-state index contributed by atoms with van der Waals surface area (Å²) in [5, 5.41) is 10.5. The molecule has 2 heterocycles. The molecule has 1 aromatic carbocycles. The predicted molar refractivity (Wildman–Crippen MR) is 88.4 cm³/mol. The molecule has 1 N–H and O–H groups in total. The second-order valence-corrected chi connectivity index (χ2v) is 6.18. The molecule has 1 aliphatic rings. The van der Waals surface area contributed by atoms with Gasteiger partial charge in [-0.05, 0) is 49.9 Å². The average molecular weight is 296 g/mol. The first-order valence-corrected chi connectivity index (χ1v) is 8.11. The maximum atomic E-state index is 10.5. The van der Waals surface area contributed by atoms with Crippen LogP contribution in [0.25, 0.3) is 0 Å². The van der Waals surface area contributed by atoms with E-state index in [9.17, 15) is 5.11 Å². The Labute approximate surface area is 132 Å². The monoisotopic (exact) mass is 296 g/mol. The highest BCUT2D eigenvalue weighted by Gasteiger charge is 2.27. The molecule has 1 aliphatic heterocycles. The maximum absolute atomic E-state index is 10.5. The molecule has 1 fully saturated rings. The molecule has 3 nitrogen and oxygen atoms in total. The fourth-order valence-corrected chi connectivity index (χ4v) is 3.34. The van der Waals surface area contributed by atoms with Crippen molar-refractivity contribution < 1.29 is 5.11 Å². The Hall–Kier alpha value is -1.71. The molecule has 22 heavy (non-hydrogen) atoms. The summed E-state index contributed by atoms with van der Waals surface area (Å²) in [7, 11) is 0. The first kappa shape index (κ1) is 15.2. The predicted octanol–water partition coefficient (Wildman–Crippen LogP) is 3.48. The van der Waals surface area contributed by atoms with Crippen LogP contribution in [-0.4, -0.2) is 27.6 Å². The topological polar surface area (TPSA) is 36.4 Å². The number of benzene rings is 1. The summed E-state index contributed by atoms with van der Waals surface area (Å²) in [6.07, 6.45) is 4.67. The van der Waals surface area contributed by atoms with Crippen LogP contribution in [0.15, 0.2) is 48.7 Å². The zero-order chi connectivity index (χ0) is 15.4. The molecule has 0 saturated carbocycles. The van der Waals surface area contributed by atoms with Crippen LogP contribution >= 0.6 is 0 Å². The van der Waals surface area contributed by atoms with Crippen molar-refractivity contribution in [2.45, 2.75) is 44.9 Å². The zero-order valence-corrected chi connectivity index (χ0v) is 13.2. The third kappa shape index (κ3) is 3.54. The highest BCUT2D eigenvalue weighted by Crippen LogP contribution is 2.28. The number of hydrogen-bond acceptors (Lipinski definition) is 3. The number of nitrogens with zero attached hydrogens (tertiary/aromatic N) is 2. The van der Waals surface area contributed by atoms with Crippen molar-refractivity contribution >= 4 is 0 Å². The molecule has 1 aromatic heterocycles.